The van der Waals surface area contributed by atoms with E-state index in [4.69, 9.17) is 12.2 Å². The van der Waals surface area contributed by atoms with Crippen LogP contribution in [0, 0.1) is 21.8 Å². The lowest BCUT2D eigenvalue weighted by atomic mass is 10.1. The number of aromatic nitrogens is 3. The molecule has 0 fully saturated rings. The van der Waals surface area contributed by atoms with Crippen LogP contribution < -0.4 is 4.90 Å². The number of aryl methyl sites for hydroxylation is 1. The van der Waals surface area contributed by atoms with E-state index in [1.165, 1.54) is 0 Å². The molecule has 2 aromatic rings. The number of allylic oxidation sites excluding steroid dienone is 1. The molecule has 0 saturated heterocycles. The molecular formula is C16H19N5O2S. The molecule has 3 rings (SSSR count). The van der Waals surface area contributed by atoms with E-state index in [1.54, 1.807) is 22.9 Å². The summed E-state index contributed by atoms with van der Waals surface area (Å²) < 4.78 is 4.37. The van der Waals surface area contributed by atoms with Crippen molar-refractivity contribution in [2.75, 3.05) is 4.90 Å². The van der Waals surface area contributed by atoms with E-state index in [9.17, 15) is 10.1 Å². The summed E-state index contributed by atoms with van der Waals surface area (Å²) in [6.45, 7) is 8.91. The monoisotopic (exact) mass is 345 g/mol. The van der Waals surface area contributed by atoms with Gasteiger partial charge in [-0.2, -0.15) is 5.10 Å². The van der Waals surface area contributed by atoms with Crippen molar-refractivity contribution in [2.24, 2.45) is 0 Å². The van der Waals surface area contributed by atoms with Crippen molar-refractivity contribution < 1.29 is 4.92 Å². The Balaban J connectivity index is 1.93. The second-order valence-electron chi connectivity index (χ2n) is 5.96. The van der Waals surface area contributed by atoms with E-state index >= 15 is 0 Å². The number of non-ortho nitro benzene ring substituents is 1. The molecule has 1 aliphatic rings. The molecule has 1 aromatic carbocycles. The first-order valence-electron chi connectivity index (χ1n) is 7.71. The standard InChI is InChI=1S/C16H19N5O2S/c1-4-7-18-12(3)17-20(16(18)24)10-19-11(2)8-13-9-14(21(22)23)5-6-15(13)19/h4-6,9,11H,1,7-8,10H2,2-3H3/t11-/m0/s1. The first-order valence-corrected chi connectivity index (χ1v) is 8.12. The van der Waals surface area contributed by atoms with Gasteiger partial charge in [0.25, 0.3) is 5.69 Å². The molecule has 0 amide bonds. The molecule has 1 aliphatic heterocycles. The third kappa shape index (κ3) is 2.73. The molecule has 0 unspecified atom stereocenters. The second kappa shape index (κ2) is 6.20. The molecule has 8 heteroatoms. The van der Waals surface area contributed by atoms with E-state index in [-0.39, 0.29) is 16.7 Å². The van der Waals surface area contributed by atoms with Gasteiger partial charge < -0.3 is 9.47 Å². The minimum absolute atomic E-state index is 0.130. The van der Waals surface area contributed by atoms with Gasteiger partial charge in [0.1, 0.15) is 12.5 Å². The largest absolute Gasteiger partial charge is 0.349 e. The summed E-state index contributed by atoms with van der Waals surface area (Å²) >= 11 is 5.50. The molecule has 126 valence electrons. The Bertz CT molecular complexity index is 870. The number of benzene rings is 1. The number of anilines is 1. The third-order valence-electron chi connectivity index (χ3n) is 4.34. The lowest BCUT2D eigenvalue weighted by Crippen LogP contribution is -2.32. The molecule has 0 saturated carbocycles. The quantitative estimate of drug-likeness (QED) is 0.360. The van der Waals surface area contributed by atoms with Crippen LogP contribution in [0.1, 0.15) is 18.3 Å². The molecule has 2 heterocycles. The van der Waals surface area contributed by atoms with Crippen molar-refractivity contribution in [3.05, 3.63) is 57.1 Å². The van der Waals surface area contributed by atoms with Gasteiger partial charge in [0.2, 0.25) is 0 Å². The van der Waals surface area contributed by atoms with Gasteiger partial charge in [-0.25, -0.2) is 4.68 Å². The molecule has 24 heavy (non-hydrogen) atoms. The van der Waals surface area contributed by atoms with Crippen LogP contribution in [-0.4, -0.2) is 25.3 Å². The van der Waals surface area contributed by atoms with Crippen molar-refractivity contribution in [3.8, 4) is 0 Å². The summed E-state index contributed by atoms with van der Waals surface area (Å²) in [5, 5.41) is 15.5. The first kappa shape index (κ1) is 16.4. The van der Waals surface area contributed by atoms with Gasteiger partial charge in [-0.3, -0.25) is 10.1 Å². The number of nitro benzene ring substituents is 1. The number of nitrogens with zero attached hydrogens (tertiary/aromatic N) is 5. The van der Waals surface area contributed by atoms with Crippen LogP contribution >= 0.6 is 12.2 Å². The van der Waals surface area contributed by atoms with Crippen LogP contribution in [0.3, 0.4) is 0 Å². The van der Waals surface area contributed by atoms with Crippen LogP contribution in [0.4, 0.5) is 11.4 Å². The van der Waals surface area contributed by atoms with Gasteiger partial charge in [-0.15, -0.1) is 6.58 Å². The first-order chi connectivity index (χ1) is 11.4. The number of hydrogen-bond donors (Lipinski definition) is 0. The van der Waals surface area contributed by atoms with E-state index in [2.05, 4.69) is 23.5 Å². The van der Waals surface area contributed by atoms with Crippen molar-refractivity contribution in [1.29, 1.82) is 0 Å². The molecule has 0 aliphatic carbocycles. The van der Waals surface area contributed by atoms with Crippen LogP contribution in [0.25, 0.3) is 0 Å². The fraction of sp³-hybridized carbons (Fsp3) is 0.375. The summed E-state index contributed by atoms with van der Waals surface area (Å²) in [5.41, 5.74) is 2.13. The summed E-state index contributed by atoms with van der Waals surface area (Å²) in [5.74, 6) is 0.843. The van der Waals surface area contributed by atoms with Crippen LogP contribution in [0.2, 0.25) is 0 Å². The predicted molar refractivity (Wildman–Crippen MR) is 94.7 cm³/mol. The van der Waals surface area contributed by atoms with Gasteiger partial charge in [0.05, 0.1) is 4.92 Å². The van der Waals surface area contributed by atoms with Gasteiger partial charge >= 0.3 is 0 Å². The second-order valence-corrected chi connectivity index (χ2v) is 6.33. The summed E-state index contributed by atoms with van der Waals surface area (Å²) in [4.78, 5) is 12.8. The highest BCUT2D eigenvalue weighted by Crippen LogP contribution is 2.34. The van der Waals surface area contributed by atoms with E-state index < -0.39 is 0 Å². The Hall–Kier alpha value is -2.48. The zero-order valence-corrected chi connectivity index (χ0v) is 14.5. The van der Waals surface area contributed by atoms with Crippen molar-refractivity contribution in [3.63, 3.8) is 0 Å². The highest BCUT2D eigenvalue weighted by atomic mass is 32.1. The fourth-order valence-corrected chi connectivity index (χ4v) is 3.44. The Morgan fingerprint density at radius 2 is 2.29 bits per heavy atom. The van der Waals surface area contributed by atoms with Crippen molar-refractivity contribution >= 4 is 23.6 Å². The fourth-order valence-electron chi connectivity index (χ4n) is 3.14. The van der Waals surface area contributed by atoms with E-state index in [1.807, 2.05) is 17.6 Å². The third-order valence-corrected chi connectivity index (χ3v) is 4.77. The number of fused-ring (bicyclic) bond motifs is 1. The average Bonchev–Trinajstić information content (AvgIpc) is 2.98. The summed E-state index contributed by atoms with van der Waals surface area (Å²) in [6, 6.07) is 5.25. The number of hydrogen-bond acceptors (Lipinski definition) is 5. The maximum absolute atomic E-state index is 11.0. The highest BCUT2D eigenvalue weighted by Gasteiger charge is 2.28. The normalized spacial score (nSPS) is 16.2. The Morgan fingerprint density at radius 1 is 1.54 bits per heavy atom. The topological polar surface area (TPSA) is 69.1 Å². The van der Waals surface area contributed by atoms with Crippen LogP contribution in [-0.2, 0) is 19.6 Å². The molecule has 1 aromatic heterocycles. The lowest BCUT2D eigenvalue weighted by Gasteiger charge is -2.24. The van der Waals surface area contributed by atoms with Gasteiger partial charge in [-0.05, 0) is 44.1 Å². The van der Waals surface area contributed by atoms with E-state index in [0.717, 1.165) is 23.5 Å². The van der Waals surface area contributed by atoms with Gasteiger partial charge in [-0.1, -0.05) is 6.08 Å². The molecular weight excluding hydrogens is 326 g/mol. The molecule has 0 radical (unpaired) electrons. The predicted octanol–water partition coefficient (Wildman–Crippen LogP) is 3.23. The Kier molecular flexibility index (Phi) is 4.23. The van der Waals surface area contributed by atoms with Crippen LogP contribution in [0.15, 0.2) is 30.9 Å². The summed E-state index contributed by atoms with van der Waals surface area (Å²) in [7, 11) is 0. The SMILES string of the molecule is C=CCn1c(C)nn(CN2c3ccc([N+](=O)[O-])cc3C[C@@H]2C)c1=S. The molecule has 0 N–H and O–H groups in total. The zero-order valence-electron chi connectivity index (χ0n) is 13.7. The lowest BCUT2D eigenvalue weighted by molar-refractivity contribution is -0.384. The molecule has 0 spiro atoms. The average molecular weight is 345 g/mol. The smallest absolute Gasteiger partial charge is 0.269 e. The molecule has 1 atom stereocenters. The minimum Gasteiger partial charge on any atom is -0.349 e. The zero-order chi connectivity index (χ0) is 17.4. The minimum atomic E-state index is -0.357. The maximum Gasteiger partial charge on any atom is 0.269 e. The number of rotatable bonds is 5. The van der Waals surface area contributed by atoms with E-state index in [0.29, 0.717) is 18.0 Å². The van der Waals surface area contributed by atoms with Gasteiger partial charge in [0, 0.05) is 30.4 Å². The molecule has 7 nitrogen and oxygen atoms in total. The number of nitro groups is 1. The Labute approximate surface area is 145 Å². The molecule has 0 bridgehead atoms. The summed E-state index contributed by atoms with van der Waals surface area (Å²) in [6.07, 6.45) is 2.57. The van der Waals surface area contributed by atoms with Crippen LogP contribution in [0.5, 0.6) is 0 Å². The van der Waals surface area contributed by atoms with Gasteiger partial charge in [0.15, 0.2) is 4.77 Å². The highest BCUT2D eigenvalue weighted by molar-refractivity contribution is 7.71. The maximum atomic E-state index is 11.0. The van der Waals surface area contributed by atoms with Crippen molar-refractivity contribution in [1.82, 2.24) is 14.3 Å². The Morgan fingerprint density at radius 3 is 2.96 bits per heavy atom. The van der Waals surface area contributed by atoms with Crippen molar-refractivity contribution in [2.45, 2.75) is 39.5 Å².